The van der Waals surface area contributed by atoms with E-state index in [2.05, 4.69) is 11.9 Å². The third-order valence-electron chi connectivity index (χ3n) is 2.91. The van der Waals surface area contributed by atoms with E-state index < -0.39 is 11.8 Å². The van der Waals surface area contributed by atoms with Crippen molar-refractivity contribution in [2.75, 3.05) is 0 Å². The highest BCUT2D eigenvalue weighted by Crippen LogP contribution is 2.28. The lowest BCUT2D eigenvalue weighted by Crippen LogP contribution is -2.48. The highest BCUT2D eigenvalue weighted by atomic mass is 16.3. The molecule has 0 aliphatic heterocycles. The zero-order valence-electron chi connectivity index (χ0n) is 12.7. The second kappa shape index (κ2) is 7.07. The van der Waals surface area contributed by atoms with Gasteiger partial charge in [-0.05, 0) is 58.6 Å². The average molecular weight is 257 g/mol. The largest absolute Gasteiger partial charge is 0.389 e. The van der Waals surface area contributed by atoms with Gasteiger partial charge in [-0.1, -0.05) is 19.1 Å². The minimum atomic E-state index is -1.12. The van der Waals surface area contributed by atoms with Crippen LogP contribution < -0.4 is 5.32 Å². The highest BCUT2D eigenvalue weighted by Gasteiger charge is 2.29. The summed E-state index contributed by atoms with van der Waals surface area (Å²) in [5.41, 5.74) is 1.58. The zero-order chi connectivity index (χ0) is 14.5. The Morgan fingerprint density at radius 2 is 1.89 bits per heavy atom. The molecule has 0 aliphatic carbocycles. The summed E-state index contributed by atoms with van der Waals surface area (Å²) in [4.78, 5) is 0. The predicted octanol–water partition coefficient (Wildman–Crippen LogP) is 2.99. The number of aliphatic hydroxyl groups excluding tert-OH is 1. The quantitative estimate of drug-likeness (QED) is 0.485. The van der Waals surface area contributed by atoms with Crippen LogP contribution in [0.2, 0.25) is 0 Å². The van der Waals surface area contributed by atoms with Gasteiger partial charge in [0, 0.05) is 7.47 Å². The van der Waals surface area contributed by atoms with Gasteiger partial charge in [0.2, 0.25) is 0 Å². The van der Waals surface area contributed by atoms with Crippen molar-refractivity contribution in [3.63, 3.8) is 0 Å². The number of rotatable bonds is 7. The van der Waals surface area contributed by atoms with Gasteiger partial charge in [-0.15, -0.1) is 0 Å². The number of allylic oxidation sites excluding steroid dienone is 1. The molecule has 3 N–H and O–H groups in total. The Balaban J connectivity index is 0. The zero-order valence-corrected chi connectivity index (χ0v) is 12.7. The van der Waals surface area contributed by atoms with Crippen LogP contribution in [0.25, 0.3) is 0 Å². The Hall–Kier alpha value is -0.640. The molecule has 0 aromatic rings. The summed E-state index contributed by atoms with van der Waals surface area (Å²) in [7, 11) is 0. The topological polar surface area (TPSA) is 52.5 Å². The molecular weight excluding hydrogens is 226 g/mol. The molecule has 0 aliphatic rings. The van der Waals surface area contributed by atoms with Crippen molar-refractivity contribution in [1.82, 2.24) is 5.32 Å². The minimum absolute atomic E-state index is 0. The molecule has 3 nitrogen and oxygen atoms in total. The summed E-state index contributed by atoms with van der Waals surface area (Å²) in [6.07, 6.45) is 0.765. The van der Waals surface area contributed by atoms with E-state index in [1.807, 2.05) is 27.7 Å². The highest BCUT2D eigenvalue weighted by molar-refractivity contribution is 5.28. The molecule has 0 aromatic heterocycles. The van der Waals surface area contributed by atoms with Crippen molar-refractivity contribution in [1.29, 1.82) is 0 Å². The van der Waals surface area contributed by atoms with Crippen LogP contribution in [0.4, 0.5) is 0 Å². The molecule has 0 bridgehead atoms. The Labute approximate surface area is 113 Å². The lowest BCUT2D eigenvalue weighted by atomic mass is 9.88. The van der Waals surface area contributed by atoms with E-state index in [9.17, 15) is 10.2 Å². The molecule has 0 fully saturated rings. The molecular formula is C15H31NO2. The Kier molecular flexibility index (Phi) is 6.82. The van der Waals surface area contributed by atoms with Crippen molar-refractivity contribution in [2.24, 2.45) is 0 Å². The van der Waals surface area contributed by atoms with Gasteiger partial charge in [-0.2, -0.15) is 0 Å². The molecule has 0 saturated heterocycles. The second-order valence-corrected chi connectivity index (χ2v) is 5.54. The number of aliphatic hydroxyl groups is 2. The summed E-state index contributed by atoms with van der Waals surface area (Å²) in [6.45, 7) is 15.3. The van der Waals surface area contributed by atoms with Crippen LogP contribution in [0.1, 0.15) is 55.8 Å². The summed E-state index contributed by atoms with van der Waals surface area (Å²) in [6, 6.07) is 0.159. The van der Waals surface area contributed by atoms with Gasteiger partial charge in [0.1, 0.15) is 5.72 Å². The number of hydrogen-bond donors (Lipinski definition) is 3. The smallest absolute Gasteiger partial charge is 0.136 e. The van der Waals surface area contributed by atoms with E-state index in [1.54, 1.807) is 13.8 Å². The Bertz CT molecular complexity index is 320. The SMILES string of the molecule is C=C(C)C/C(=C(/CC)C(C)O)C(C)(O)NC(C)C.[HH]. The lowest BCUT2D eigenvalue weighted by Gasteiger charge is -2.33. The normalized spacial score (nSPS) is 18.3. The van der Waals surface area contributed by atoms with Crippen molar-refractivity contribution in [3.05, 3.63) is 23.3 Å². The minimum Gasteiger partial charge on any atom is -0.389 e. The molecule has 3 heteroatoms. The predicted molar refractivity (Wildman–Crippen MR) is 79.4 cm³/mol. The molecule has 0 aromatic carbocycles. The monoisotopic (exact) mass is 257 g/mol. The first-order valence-electron chi connectivity index (χ1n) is 6.66. The molecule has 108 valence electrons. The standard InChI is InChI=1S/C15H29NO2.H2/c1-8-13(12(6)17)14(9-10(2)3)15(7,18)16-11(4)5;/h11-12,16-18H,2,8-9H2,1,3-7H3;1H/b14-13+;. The van der Waals surface area contributed by atoms with Gasteiger partial charge in [-0.25, -0.2) is 0 Å². The maximum absolute atomic E-state index is 10.6. The molecule has 0 spiro atoms. The Morgan fingerprint density at radius 1 is 1.39 bits per heavy atom. The van der Waals surface area contributed by atoms with Crippen LogP contribution >= 0.6 is 0 Å². The van der Waals surface area contributed by atoms with Crippen LogP contribution in [-0.4, -0.2) is 28.1 Å². The third-order valence-corrected chi connectivity index (χ3v) is 2.91. The summed E-state index contributed by atoms with van der Waals surface area (Å²) >= 11 is 0. The number of nitrogens with one attached hydrogen (secondary N) is 1. The number of hydrogen-bond acceptors (Lipinski definition) is 3. The average Bonchev–Trinajstić information content (AvgIpc) is 2.13. The van der Waals surface area contributed by atoms with E-state index in [0.29, 0.717) is 6.42 Å². The summed E-state index contributed by atoms with van der Waals surface area (Å²) in [5.74, 6) is 0. The van der Waals surface area contributed by atoms with Gasteiger partial charge in [0.15, 0.2) is 0 Å². The van der Waals surface area contributed by atoms with Crippen LogP contribution in [0.5, 0.6) is 0 Å². The fourth-order valence-electron chi connectivity index (χ4n) is 2.31. The molecule has 0 amide bonds. The van der Waals surface area contributed by atoms with Gasteiger partial charge in [-0.3, -0.25) is 5.32 Å². The first kappa shape index (κ1) is 17.4. The van der Waals surface area contributed by atoms with Crippen molar-refractivity contribution >= 4 is 0 Å². The van der Waals surface area contributed by atoms with Gasteiger partial charge in [0.05, 0.1) is 6.10 Å². The van der Waals surface area contributed by atoms with Crippen LogP contribution in [0.15, 0.2) is 23.3 Å². The third kappa shape index (κ3) is 5.34. The summed E-state index contributed by atoms with van der Waals surface area (Å²) < 4.78 is 0. The maximum Gasteiger partial charge on any atom is 0.136 e. The van der Waals surface area contributed by atoms with Crippen LogP contribution in [0.3, 0.4) is 0 Å². The fourth-order valence-corrected chi connectivity index (χ4v) is 2.31. The molecule has 0 rings (SSSR count). The van der Waals surface area contributed by atoms with Crippen LogP contribution in [0, 0.1) is 0 Å². The van der Waals surface area contributed by atoms with Gasteiger partial charge in [0.25, 0.3) is 0 Å². The molecule has 0 heterocycles. The Morgan fingerprint density at radius 3 is 2.17 bits per heavy atom. The molecule has 0 saturated carbocycles. The fraction of sp³-hybridized carbons (Fsp3) is 0.733. The van der Waals surface area contributed by atoms with E-state index in [-0.39, 0.29) is 7.47 Å². The van der Waals surface area contributed by atoms with E-state index in [0.717, 1.165) is 23.1 Å². The van der Waals surface area contributed by atoms with Gasteiger partial charge >= 0.3 is 0 Å². The first-order valence-corrected chi connectivity index (χ1v) is 6.66. The summed E-state index contributed by atoms with van der Waals surface area (Å²) in [5, 5.41) is 23.6. The lowest BCUT2D eigenvalue weighted by molar-refractivity contribution is 0.0471. The van der Waals surface area contributed by atoms with E-state index >= 15 is 0 Å². The van der Waals surface area contributed by atoms with Gasteiger partial charge < -0.3 is 10.2 Å². The van der Waals surface area contributed by atoms with Crippen molar-refractivity contribution in [2.45, 2.75) is 72.3 Å². The van der Waals surface area contributed by atoms with Crippen LogP contribution in [-0.2, 0) is 0 Å². The first-order chi connectivity index (χ1) is 8.11. The molecule has 2 unspecified atom stereocenters. The van der Waals surface area contributed by atoms with Crippen molar-refractivity contribution in [3.8, 4) is 0 Å². The maximum atomic E-state index is 10.6. The molecule has 18 heavy (non-hydrogen) atoms. The van der Waals surface area contributed by atoms with Crippen molar-refractivity contribution < 1.29 is 11.6 Å². The second-order valence-electron chi connectivity index (χ2n) is 5.54. The molecule has 2 atom stereocenters. The van der Waals surface area contributed by atoms with E-state index in [1.165, 1.54) is 0 Å². The van der Waals surface area contributed by atoms with E-state index in [4.69, 9.17) is 0 Å². The molecule has 0 radical (unpaired) electrons.